The quantitative estimate of drug-likeness (QED) is 0.499. The number of aliphatic hydroxyl groups excluding tert-OH is 1. The lowest BCUT2D eigenvalue weighted by atomic mass is 10.0. The van der Waals surface area contributed by atoms with Gasteiger partial charge in [0.2, 0.25) is 0 Å². The minimum absolute atomic E-state index is 0.0595. The largest absolute Gasteiger partial charge is 0.485 e. The number of benzene rings is 3. The fraction of sp³-hybridized carbons (Fsp3) is 0.174. The van der Waals surface area contributed by atoms with E-state index in [1.807, 2.05) is 60.7 Å². The van der Waals surface area contributed by atoms with Crippen molar-refractivity contribution in [1.82, 2.24) is 0 Å². The van der Waals surface area contributed by atoms with Gasteiger partial charge in [-0.25, -0.2) is 4.39 Å². The predicted molar refractivity (Wildman–Crippen MR) is 109 cm³/mol. The van der Waals surface area contributed by atoms with Crippen LogP contribution in [0.3, 0.4) is 0 Å². The van der Waals surface area contributed by atoms with Crippen LogP contribution in [0.4, 0.5) is 4.39 Å². The molecule has 0 amide bonds. The van der Waals surface area contributed by atoms with Gasteiger partial charge in [-0.3, -0.25) is 4.79 Å². The molecule has 0 aliphatic heterocycles. The van der Waals surface area contributed by atoms with Crippen LogP contribution in [0.25, 0.3) is 0 Å². The van der Waals surface area contributed by atoms with Crippen molar-refractivity contribution in [2.75, 3.05) is 0 Å². The van der Waals surface area contributed by atoms with E-state index in [1.165, 1.54) is 12.1 Å². The Bertz CT molecular complexity index is 982. The summed E-state index contributed by atoms with van der Waals surface area (Å²) < 4.78 is 26.6. The molecule has 0 aromatic heterocycles. The van der Waals surface area contributed by atoms with Gasteiger partial charge in [0.25, 0.3) is 0 Å². The molecule has 0 heterocycles. The first-order valence-corrected chi connectivity index (χ1v) is 9.29. The van der Waals surface area contributed by atoms with Crippen LogP contribution in [0.2, 0.25) is 0 Å². The maximum Gasteiger partial charge on any atom is 0.323 e. The second-order valence-corrected chi connectivity index (χ2v) is 6.65. The average Bonchev–Trinajstić information content (AvgIpc) is 2.77. The van der Waals surface area contributed by atoms with Gasteiger partial charge < -0.3 is 25.4 Å². The molecule has 0 radical (unpaired) electrons. The SMILES string of the molecule is N[C@H](C(=O)O)[C@H](O)c1ccc(OCc2ccccc2)c(OCc2ccccc2)c1F. The van der Waals surface area contributed by atoms with Gasteiger partial charge in [0.05, 0.1) is 0 Å². The van der Waals surface area contributed by atoms with Crippen molar-refractivity contribution in [3.63, 3.8) is 0 Å². The maximum absolute atomic E-state index is 15.2. The number of carbonyl (C=O) groups is 1. The zero-order chi connectivity index (χ0) is 21.5. The molecule has 3 rings (SSSR count). The highest BCUT2D eigenvalue weighted by Crippen LogP contribution is 2.36. The van der Waals surface area contributed by atoms with Gasteiger partial charge >= 0.3 is 5.97 Å². The summed E-state index contributed by atoms with van der Waals surface area (Å²) in [5, 5.41) is 19.2. The number of carboxylic acid groups (broad SMARTS) is 1. The number of nitrogens with two attached hydrogens (primary N) is 1. The summed E-state index contributed by atoms with van der Waals surface area (Å²) in [6.07, 6.45) is -1.75. The summed E-state index contributed by atoms with van der Waals surface area (Å²) in [4.78, 5) is 11.1. The van der Waals surface area contributed by atoms with Crippen LogP contribution in [-0.4, -0.2) is 22.2 Å². The van der Waals surface area contributed by atoms with Gasteiger partial charge in [-0.1, -0.05) is 60.7 Å². The highest BCUT2D eigenvalue weighted by molar-refractivity contribution is 5.74. The number of aliphatic hydroxyl groups is 1. The third-order valence-corrected chi connectivity index (χ3v) is 4.50. The minimum Gasteiger partial charge on any atom is -0.485 e. The predicted octanol–water partition coefficient (Wildman–Crippen LogP) is 3.43. The summed E-state index contributed by atoms with van der Waals surface area (Å²) in [6, 6.07) is 19.5. The first-order chi connectivity index (χ1) is 14.5. The van der Waals surface area contributed by atoms with Gasteiger partial charge in [-0.05, 0) is 23.3 Å². The van der Waals surface area contributed by atoms with Crippen molar-refractivity contribution >= 4 is 5.97 Å². The summed E-state index contributed by atoms with van der Waals surface area (Å²) >= 11 is 0. The lowest BCUT2D eigenvalue weighted by Crippen LogP contribution is -2.36. The Morgan fingerprint density at radius 1 is 0.900 bits per heavy atom. The topological polar surface area (TPSA) is 102 Å². The molecule has 0 saturated carbocycles. The lowest BCUT2D eigenvalue weighted by molar-refractivity contribution is -0.141. The van der Waals surface area contributed by atoms with Crippen molar-refractivity contribution in [1.29, 1.82) is 0 Å². The van der Waals surface area contributed by atoms with Crippen molar-refractivity contribution < 1.29 is 28.9 Å². The fourth-order valence-corrected chi connectivity index (χ4v) is 2.82. The number of aliphatic carboxylic acids is 1. The zero-order valence-electron chi connectivity index (χ0n) is 16.1. The Labute approximate surface area is 173 Å². The molecule has 0 bridgehead atoms. The van der Waals surface area contributed by atoms with Gasteiger partial charge in [0.1, 0.15) is 25.4 Å². The molecular formula is C23H22FNO5. The molecule has 4 N–H and O–H groups in total. The van der Waals surface area contributed by atoms with Gasteiger partial charge in [-0.2, -0.15) is 0 Å². The Kier molecular flexibility index (Phi) is 7.00. The molecule has 0 spiro atoms. The first kappa shape index (κ1) is 21.3. The van der Waals surface area contributed by atoms with Crippen molar-refractivity contribution in [3.8, 4) is 11.5 Å². The maximum atomic E-state index is 15.2. The number of rotatable bonds is 9. The number of halogens is 1. The highest BCUT2D eigenvalue weighted by atomic mass is 19.1. The van der Waals surface area contributed by atoms with Crippen LogP contribution >= 0.6 is 0 Å². The molecule has 0 aliphatic carbocycles. The Morgan fingerprint density at radius 3 is 1.97 bits per heavy atom. The van der Waals surface area contributed by atoms with Crippen molar-refractivity contribution in [3.05, 3.63) is 95.3 Å². The normalized spacial score (nSPS) is 12.8. The van der Waals surface area contributed by atoms with E-state index in [0.717, 1.165) is 11.1 Å². The standard InChI is InChI=1S/C23H22FNO5/c24-19-17(21(26)20(25)23(27)28)11-12-18(29-13-15-7-3-1-4-8-15)22(19)30-14-16-9-5-2-6-10-16/h1-12,20-21,26H,13-14,25H2,(H,27,28)/t20-,21+/m0/s1. The van der Waals surface area contributed by atoms with Crippen LogP contribution in [0.15, 0.2) is 72.8 Å². The van der Waals surface area contributed by atoms with Crippen LogP contribution in [0.1, 0.15) is 22.8 Å². The Balaban J connectivity index is 1.89. The second-order valence-electron chi connectivity index (χ2n) is 6.65. The summed E-state index contributed by atoms with van der Waals surface area (Å²) in [6.45, 7) is 0.239. The van der Waals surface area contributed by atoms with Crippen LogP contribution in [-0.2, 0) is 18.0 Å². The van der Waals surface area contributed by atoms with Crippen molar-refractivity contribution in [2.24, 2.45) is 5.73 Å². The summed E-state index contributed by atoms with van der Waals surface area (Å²) in [5.41, 5.74) is 6.87. The smallest absolute Gasteiger partial charge is 0.323 e. The van der Waals surface area contributed by atoms with Crippen LogP contribution in [0, 0.1) is 5.82 Å². The molecule has 30 heavy (non-hydrogen) atoms. The Morgan fingerprint density at radius 2 is 1.43 bits per heavy atom. The molecular weight excluding hydrogens is 389 g/mol. The zero-order valence-corrected chi connectivity index (χ0v) is 16.1. The number of hydrogen-bond donors (Lipinski definition) is 3. The molecule has 0 fully saturated rings. The van der Waals surface area contributed by atoms with Crippen LogP contribution < -0.4 is 15.2 Å². The fourth-order valence-electron chi connectivity index (χ4n) is 2.82. The van der Waals surface area contributed by atoms with Crippen molar-refractivity contribution in [2.45, 2.75) is 25.4 Å². The molecule has 3 aromatic rings. The molecule has 3 aromatic carbocycles. The third kappa shape index (κ3) is 5.14. The molecule has 156 valence electrons. The van der Waals surface area contributed by atoms with Crippen LogP contribution in [0.5, 0.6) is 11.5 Å². The van der Waals surface area contributed by atoms with E-state index in [1.54, 1.807) is 0 Å². The van der Waals surface area contributed by atoms with E-state index in [2.05, 4.69) is 0 Å². The number of hydrogen-bond acceptors (Lipinski definition) is 5. The van der Waals surface area contributed by atoms with E-state index in [4.69, 9.17) is 20.3 Å². The first-order valence-electron chi connectivity index (χ1n) is 9.29. The number of ether oxygens (including phenoxy) is 2. The molecule has 2 atom stereocenters. The third-order valence-electron chi connectivity index (χ3n) is 4.50. The lowest BCUT2D eigenvalue weighted by Gasteiger charge is -2.20. The monoisotopic (exact) mass is 411 g/mol. The van der Waals surface area contributed by atoms with Gasteiger partial charge in [0.15, 0.2) is 17.3 Å². The molecule has 7 heteroatoms. The van der Waals surface area contributed by atoms with E-state index in [9.17, 15) is 9.90 Å². The molecule has 6 nitrogen and oxygen atoms in total. The second kappa shape index (κ2) is 9.87. The van der Waals surface area contributed by atoms with Gasteiger partial charge in [0, 0.05) is 5.56 Å². The average molecular weight is 411 g/mol. The van der Waals surface area contributed by atoms with E-state index < -0.39 is 23.9 Å². The minimum atomic E-state index is -1.75. The van der Waals surface area contributed by atoms with Gasteiger partial charge in [-0.15, -0.1) is 0 Å². The van der Waals surface area contributed by atoms with E-state index >= 15 is 4.39 Å². The Hall–Kier alpha value is -3.42. The molecule has 0 unspecified atom stereocenters. The van der Waals surface area contributed by atoms with E-state index in [-0.39, 0.29) is 30.3 Å². The molecule has 0 aliphatic rings. The highest BCUT2D eigenvalue weighted by Gasteiger charge is 2.29. The summed E-state index contributed by atoms with van der Waals surface area (Å²) in [7, 11) is 0. The van der Waals surface area contributed by atoms with E-state index in [0.29, 0.717) is 0 Å². The molecule has 0 saturated heterocycles. The number of carboxylic acids is 1. The summed E-state index contributed by atoms with van der Waals surface area (Å²) in [5.74, 6) is -2.45.